The summed E-state index contributed by atoms with van der Waals surface area (Å²) in [7, 11) is 0. The molecule has 0 aliphatic rings. The van der Waals surface area contributed by atoms with Crippen LogP contribution in [-0.4, -0.2) is 35.5 Å². The molecule has 45 heavy (non-hydrogen) atoms. The number of carbonyl (C=O) groups excluding carboxylic acids is 1. The molecule has 0 bridgehead atoms. The Morgan fingerprint density at radius 3 is 2.51 bits per heavy atom. The van der Waals surface area contributed by atoms with Crippen molar-refractivity contribution >= 4 is 40.9 Å². The standard InChI is InChI=1S/C34H32ClN7O2S/c1-21-9-15-26(27(43)17-21)32-39-38-30-16-14-25(20-41(30)32)45-28-8-6-5-7-22(28)19-36-33(44)37-31-18-29(34(2,3)4)40-42(31)24-12-10-23(35)11-13-24/h5-18,20,43H,19H2,1-4H3,(H2,36,37,44). The van der Waals surface area contributed by atoms with Crippen molar-refractivity contribution < 1.29 is 9.90 Å². The Kier molecular flexibility index (Phi) is 8.26. The fourth-order valence-electron chi connectivity index (χ4n) is 4.77. The van der Waals surface area contributed by atoms with Crippen LogP contribution in [0.2, 0.25) is 5.02 Å². The fourth-order valence-corrected chi connectivity index (χ4v) is 5.87. The van der Waals surface area contributed by atoms with E-state index in [2.05, 4.69) is 41.6 Å². The number of carbonyl (C=O) groups is 1. The number of anilines is 1. The van der Waals surface area contributed by atoms with Crippen LogP contribution in [-0.2, 0) is 12.0 Å². The number of aryl methyl sites for hydroxylation is 1. The Morgan fingerprint density at radius 1 is 0.978 bits per heavy atom. The third-order valence-corrected chi connectivity index (χ3v) is 8.55. The molecule has 3 heterocycles. The lowest BCUT2D eigenvalue weighted by Gasteiger charge is -2.14. The molecule has 0 spiro atoms. The zero-order chi connectivity index (χ0) is 31.7. The minimum Gasteiger partial charge on any atom is -0.507 e. The number of hydrogen-bond donors (Lipinski definition) is 3. The van der Waals surface area contributed by atoms with E-state index in [1.54, 1.807) is 34.6 Å². The Balaban J connectivity index is 1.19. The molecule has 0 aliphatic carbocycles. The van der Waals surface area contributed by atoms with E-state index in [1.165, 1.54) is 0 Å². The van der Waals surface area contributed by atoms with E-state index in [4.69, 9.17) is 16.7 Å². The molecule has 3 aromatic carbocycles. The molecule has 3 aromatic heterocycles. The van der Waals surface area contributed by atoms with Gasteiger partial charge >= 0.3 is 6.03 Å². The van der Waals surface area contributed by atoms with Crippen LogP contribution in [0.3, 0.4) is 0 Å². The number of fused-ring (bicyclic) bond motifs is 1. The second-order valence-corrected chi connectivity index (χ2v) is 13.3. The van der Waals surface area contributed by atoms with Crippen molar-refractivity contribution in [2.24, 2.45) is 0 Å². The number of halogens is 1. The molecular formula is C34H32ClN7O2S. The van der Waals surface area contributed by atoms with Crippen molar-refractivity contribution in [3.05, 3.63) is 113 Å². The quantitative estimate of drug-likeness (QED) is 0.164. The fraction of sp³-hybridized carbons (Fsp3) is 0.176. The molecule has 0 radical (unpaired) electrons. The van der Waals surface area contributed by atoms with Gasteiger partial charge < -0.3 is 10.4 Å². The molecule has 3 N–H and O–H groups in total. The van der Waals surface area contributed by atoms with Gasteiger partial charge in [-0.15, -0.1) is 10.2 Å². The van der Waals surface area contributed by atoms with E-state index in [0.717, 1.165) is 32.3 Å². The highest BCUT2D eigenvalue weighted by Crippen LogP contribution is 2.34. The lowest BCUT2D eigenvalue weighted by molar-refractivity contribution is 0.251. The molecule has 11 heteroatoms. The summed E-state index contributed by atoms with van der Waals surface area (Å²) in [6, 6.07) is 26.2. The number of aromatic nitrogens is 5. The molecule has 9 nitrogen and oxygen atoms in total. The molecule has 0 aliphatic heterocycles. The first-order valence-electron chi connectivity index (χ1n) is 14.4. The van der Waals surface area contributed by atoms with Gasteiger partial charge in [-0.05, 0) is 72.6 Å². The molecule has 0 fully saturated rings. The largest absolute Gasteiger partial charge is 0.507 e. The molecular weight excluding hydrogens is 606 g/mol. The average Bonchev–Trinajstić information content (AvgIpc) is 3.62. The zero-order valence-corrected chi connectivity index (χ0v) is 26.8. The van der Waals surface area contributed by atoms with Crippen LogP contribution in [0.25, 0.3) is 22.7 Å². The molecule has 6 aromatic rings. The van der Waals surface area contributed by atoms with Gasteiger partial charge in [0.15, 0.2) is 11.5 Å². The highest BCUT2D eigenvalue weighted by atomic mass is 35.5. The summed E-state index contributed by atoms with van der Waals surface area (Å²) in [5.74, 6) is 1.27. The van der Waals surface area contributed by atoms with E-state index < -0.39 is 0 Å². The minimum absolute atomic E-state index is 0.155. The molecule has 0 saturated heterocycles. The zero-order valence-electron chi connectivity index (χ0n) is 25.2. The monoisotopic (exact) mass is 637 g/mol. The van der Waals surface area contributed by atoms with E-state index in [1.807, 2.05) is 84.3 Å². The maximum Gasteiger partial charge on any atom is 0.320 e. The molecule has 0 atom stereocenters. The van der Waals surface area contributed by atoms with Crippen LogP contribution in [0, 0.1) is 6.92 Å². The van der Waals surface area contributed by atoms with Gasteiger partial charge in [0.25, 0.3) is 0 Å². The predicted octanol–water partition coefficient (Wildman–Crippen LogP) is 8.02. The molecule has 6 rings (SSSR count). The van der Waals surface area contributed by atoms with Crippen molar-refractivity contribution in [1.82, 2.24) is 29.7 Å². The molecule has 0 unspecified atom stereocenters. The number of nitrogens with one attached hydrogen (secondary N) is 2. The number of phenolic OH excluding ortho intramolecular Hbond substituents is 1. The first kappa shape index (κ1) is 30.2. The number of amides is 2. The number of phenols is 1. The lowest BCUT2D eigenvalue weighted by Crippen LogP contribution is -2.29. The first-order chi connectivity index (χ1) is 21.5. The van der Waals surface area contributed by atoms with E-state index >= 15 is 0 Å². The average molecular weight is 638 g/mol. The van der Waals surface area contributed by atoms with E-state index in [0.29, 0.717) is 34.4 Å². The summed E-state index contributed by atoms with van der Waals surface area (Å²) in [5, 5.41) is 30.5. The van der Waals surface area contributed by atoms with Crippen molar-refractivity contribution in [1.29, 1.82) is 0 Å². The van der Waals surface area contributed by atoms with Gasteiger partial charge in [0, 0.05) is 39.0 Å². The lowest BCUT2D eigenvalue weighted by atomic mass is 9.92. The Bertz CT molecular complexity index is 2010. The number of hydrogen-bond acceptors (Lipinski definition) is 6. The van der Waals surface area contributed by atoms with Crippen LogP contribution >= 0.6 is 23.4 Å². The summed E-state index contributed by atoms with van der Waals surface area (Å²) >= 11 is 7.67. The number of benzene rings is 3. The van der Waals surface area contributed by atoms with Crippen molar-refractivity contribution in [3.63, 3.8) is 0 Å². The highest BCUT2D eigenvalue weighted by Gasteiger charge is 2.22. The normalized spacial score (nSPS) is 11.6. The maximum atomic E-state index is 13.2. The van der Waals surface area contributed by atoms with E-state index in [-0.39, 0.29) is 17.2 Å². The van der Waals surface area contributed by atoms with Crippen molar-refractivity contribution in [3.8, 4) is 22.8 Å². The van der Waals surface area contributed by atoms with Crippen LogP contribution in [0.15, 0.2) is 101 Å². The van der Waals surface area contributed by atoms with Crippen molar-refractivity contribution in [2.75, 3.05) is 5.32 Å². The van der Waals surface area contributed by atoms with Gasteiger partial charge in [-0.25, -0.2) is 9.48 Å². The number of pyridine rings is 1. The number of aromatic hydroxyl groups is 1. The topological polar surface area (TPSA) is 109 Å². The second kappa shape index (κ2) is 12.3. The number of rotatable bonds is 7. The summed E-state index contributed by atoms with van der Waals surface area (Å²) in [6.45, 7) is 8.47. The predicted molar refractivity (Wildman–Crippen MR) is 179 cm³/mol. The summed E-state index contributed by atoms with van der Waals surface area (Å²) in [6.07, 6.45) is 1.95. The third-order valence-electron chi connectivity index (χ3n) is 7.20. The van der Waals surface area contributed by atoms with Gasteiger partial charge in [0.05, 0.1) is 16.9 Å². The van der Waals surface area contributed by atoms with Gasteiger partial charge in [0.1, 0.15) is 11.6 Å². The number of nitrogens with zero attached hydrogens (tertiary/aromatic N) is 5. The minimum atomic E-state index is -0.348. The van der Waals surface area contributed by atoms with Gasteiger partial charge in [-0.1, -0.05) is 68.4 Å². The Labute approximate surface area is 270 Å². The highest BCUT2D eigenvalue weighted by molar-refractivity contribution is 7.99. The summed E-state index contributed by atoms with van der Waals surface area (Å²) in [4.78, 5) is 15.1. The number of urea groups is 1. The van der Waals surface area contributed by atoms with Gasteiger partial charge in [-0.2, -0.15) is 5.10 Å². The molecule has 228 valence electrons. The smallest absolute Gasteiger partial charge is 0.320 e. The summed E-state index contributed by atoms with van der Waals surface area (Å²) < 4.78 is 3.59. The van der Waals surface area contributed by atoms with Crippen LogP contribution < -0.4 is 10.6 Å². The first-order valence-corrected chi connectivity index (χ1v) is 15.6. The third kappa shape index (κ3) is 6.67. The maximum absolute atomic E-state index is 13.2. The van der Waals surface area contributed by atoms with E-state index in [9.17, 15) is 9.90 Å². The Morgan fingerprint density at radius 2 is 1.76 bits per heavy atom. The van der Waals surface area contributed by atoms with Crippen LogP contribution in [0.5, 0.6) is 5.75 Å². The van der Waals surface area contributed by atoms with Gasteiger partial charge in [0.2, 0.25) is 0 Å². The second-order valence-electron chi connectivity index (χ2n) is 11.7. The molecule has 2 amide bonds. The molecule has 0 saturated carbocycles. The van der Waals surface area contributed by atoms with Crippen LogP contribution in [0.1, 0.15) is 37.6 Å². The summed E-state index contributed by atoms with van der Waals surface area (Å²) in [5.41, 5.74) is 4.63. The van der Waals surface area contributed by atoms with Crippen molar-refractivity contribution in [2.45, 2.75) is 49.4 Å². The Hall–Kier alpha value is -4.80. The van der Waals surface area contributed by atoms with Gasteiger partial charge in [-0.3, -0.25) is 9.72 Å². The SMILES string of the molecule is Cc1ccc(-c2nnc3ccc(Sc4ccccc4CNC(=O)Nc4cc(C(C)(C)C)nn4-c4ccc(Cl)cc4)cn23)c(O)c1. The van der Waals surface area contributed by atoms with Crippen LogP contribution in [0.4, 0.5) is 10.6 Å².